The van der Waals surface area contributed by atoms with E-state index in [1.165, 1.54) is 28.9 Å². The lowest BCUT2D eigenvalue weighted by atomic mass is 10.2. The molecule has 0 aliphatic carbocycles. The first-order valence-corrected chi connectivity index (χ1v) is 7.26. The van der Waals surface area contributed by atoms with Crippen molar-refractivity contribution in [2.75, 3.05) is 18.1 Å². The highest BCUT2D eigenvalue weighted by atomic mass is 32.2. The first-order valence-electron chi connectivity index (χ1n) is 6.11. The Hall–Kier alpha value is -1.00. The van der Waals surface area contributed by atoms with Gasteiger partial charge in [-0.25, -0.2) is 4.98 Å². The van der Waals surface area contributed by atoms with Crippen LogP contribution in [0.15, 0.2) is 24.5 Å². The van der Waals surface area contributed by atoms with Gasteiger partial charge in [-0.3, -0.25) is 0 Å². The van der Waals surface area contributed by atoms with Gasteiger partial charge in [-0.2, -0.15) is 11.8 Å². The molecule has 0 unspecified atom stereocenters. The number of nitrogens with one attached hydrogen (secondary N) is 2. The molecule has 0 saturated carbocycles. The predicted octanol–water partition coefficient (Wildman–Crippen LogP) is 2.80. The standard InChI is InChI=1S/C13H19N3S/c1-2-17-8-4-6-14-9-11-10-16-13-12(11)5-3-7-15-13/h3,5,7,10,14H,2,4,6,8-9H2,1H3,(H,15,16). The molecule has 4 heteroatoms. The van der Waals surface area contributed by atoms with Crippen molar-refractivity contribution in [2.24, 2.45) is 0 Å². The summed E-state index contributed by atoms with van der Waals surface area (Å²) in [5.41, 5.74) is 2.28. The molecule has 0 fully saturated rings. The van der Waals surface area contributed by atoms with Gasteiger partial charge in [-0.05, 0) is 42.2 Å². The van der Waals surface area contributed by atoms with E-state index in [2.05, 4.69) is 28.3 Å². The summed E-state index contributed by atoms with van der Waals surface area (Å²) in [6.07, 6.45) is 5.10. The average Bonchev–Trinajstić information content (AvgIpc) is 2.77. The van der Waals surface area contributed by atoms with E-state index in [9.17, 15) is 0 Å². The fraction of sp³-hybridized carbons (Fsp3) is 0.462. The SMILES string of the molecule is CCSCCCNCc1c[nH]c2ncccc12. The summed E-state index contributed by atoms with van der Waals surface area (Å²) in [7, 11) is 0. The Morgan fingerprint density at radius 2 is 2.41 bits per heavy atom. The van der Waals surface area contributed by atoms with Gasteiger partial charge >= 0.3 is 0 Å². The molecule has 2 N–H and O–H groups in total. The molecule has 2 rings (SSSR count). The topological polar surface area (TPSA) is 40.7 Å². The third kappa shape index (κ3) is 3.48. The predicted molar refractivity (Wildman–Crippen MR) is 75.4 cm³/mol. The first kappa shape index (κ1) is 12.5. The number of hydrogen-bond acceptors (Lipinski definition) is 3. The summed E-state index contributed by atoms with van der Waals surface area (Å²) < 4.78 is 0. The van der Waals surface area contributed by atoms with Crippen LogP contribution in [-0.2, 0) is 6.54 Å². The summed E-state index contributed by atoms with van der Waals surface area (Å²) in [5.74, 6) is 2.47. The van der Waals surface area contributed by atoms with Crippen LogP contribution < -0.4 is 5.32 Å². The van der Waals surface area contributed by atoms with Gasteiger partial charge in [0.1, 0.15) is 5.65 Å². The Bertz CT molecular complexity index is 453. The van der Waals surface area contributed by atoms with Crippen molar-refractivity contribution in [1.29, 1.82) is 0 Å². The Balaban J connectivity index is 1.79. The van der Waals surface area contributed by atoms with Crippen molar-refractivity contribution < 1.29 is 0 Å². The van der Waals surface area contributed by atoms with Gasteiger partial charge in [0.25, 0.3) is 0 Å². The van der Waals surface area contributed by atoms with E-state index >= 15 is 0 Å². The molecule has 2 heterocycles. The fourth-order valence-electron chi connectivity index (χ4n) is 1.83. The van der Waals surface area contributed by atoms with Crippen LogP contribution in [0.4, 0.5) is 0 Å². The quantitative estimate of drug-likeness (QED) is 0.741. The van der Waals surface area contributed by atoms with Crippen molar-refractivity contribution in [1.82, 2.24) is 15.3 Å². The molecule has 0 aliphatic rings. The van der Waals surface area contributed by atoms with Crippen LogP contribution in [0.25, 0.3) is 11.0 Å². The van der Waals surface area contributed by atoms with Gasteiger partial charge in [-0.15, -0.1) is 0 Å². The van der Waals surface area contributed by atoms with E-state index in [1.807, 2.05) is 30.2 Å². The zero-order chi connectivity index (χ0) is 11.9. The van der Waals surface area contributed by atoms with E-state index in [-0.39, 0.29) is 0 Å². The maximum absolute atomic E-state index is 4.28. The maximum atomic E-state index is 4.28. The number of thioether (sulfide) groups is 1. The zero-order valence-corrected chi connectivity index (χ0v) is 11.0. The number of aromatic amines is 1. The zero-order valence-electron chi connectivity index (χ0n) is 10.2. The number of rotatable bonds is 7. The highest BCUT2D eigenvalue weighted by Crippen LogP contribution is 2.14. The van der Waals surface area contributed by atoms with E-state index in [1.54, 1.807) is 0 Å². The van der Waals surface area contributed by atoms with Gasteiger partial charge in [0.2, 0.25) is 0 Å². The third-order valence-electron chi connectivity index (χ3n) is 2.70. The van der Waals surface area contributed by atoms with Crippen molar-refractivity contribution in [3.05, 3.63) is 30.1 Å². The number of hydrogen-bond donors (Lipinski definition) is 2. The minimum Gasteiger partial charge on any atom is -0.346 e. The molecule has 2 aromatic rings. The van der Waals surface area contributed by atoms with Gasteiger partial charge in [0.05, 0.1) is 0 Å². The molecule has 2 aromatic heterocycles. The summed E-state index contributed by atoms with van der Waals surface area (Å²) in [5, 5.41) is 4.70. The molecule has 0 bridgehead atoms. The Labute approximate surface area is 106 Å². The smallest absolute Gasteiger partial charge is 0.137 e. The highest BCUT2D eigenvalue weighted by molar-refractivity contribution is 7.99. The summed E-state index contributed by atoms with van der Waals surface area (Å²) in [6.45, 7) is 4.21. The number of aromatic nitrogens is 2. The minimum absolute atomic E-state index is 0.919. The van der Waals surface area contributed by atoms with Gasteiger partial charge in [0.15, 0.2) is 0 Å². The molecule has 0 saturated heterocycles. The molecule has 0 amide bonds. The maximum Gasteiger partial charge on any atom is 0.137 e. The number of H-pyrrole nitrogens is 1. The molecule has 0 radical (unpaired) electrons. The molecule has 0 atom stereocenters. The Morgan fingerprint density at radius 1 is 1.47 bits per heavy atom. The largest absolute Gasteiger partial charge is 0.346 e. The molecule has 0 spiro atoms. The lowest BCUT2D eigenvalue weighted by molar-refractivity contribution is 0.681. The van der Waals surface area contributed by atoms with Gasteiger partial charge in [0, 0.05) is 24.3 Å². The van der Waals surface area contributed by atoms with Crippen LogP contribution >= 0.6 is 11.8 Å². The van der Waals surface area contributed by atoms with Crippen LogP contribution in [0.2, 0.25) is 0 Å². The van der Waals surface area contributed by atoms with Crippen LogP contribution in [0.1, 0.15) is 18.9 Å². The lowest BCUT2D eigenvalue weighted by Crippen LogP contribution is -2.15. The van der Waals surface area contributed by atoms with Crippen molar-refractivity contribution >= 4 is 22.8 Å². The monoisotopic (exact) mass is 249 g/mol. The molecular formula is C13H19N3S. The molecule has 0 aromatic carbocycles. The van der Waals surface area contributed by atoms with Gasteiger partial charge < -0.3 is 10.3 Å². The van der Waals surface area contributed by atoms with E-state index in [0.717, 1.165) is 18.7 Å². The third-order valence-corrected chi connectivity index (χ3v) is 3.68. The summed E-state index contributed by atoms with van der Waals surface area (Å²) in [6, 6.07) is 4.10. The molecule has 0 aliphatic heterocycles. The number of pyridine rings is 1. The first-order chi connectivity index (χ1) is 8.42. The minimum atomic E-state index is 0.919. The van der Waals surface area contributed by atoms with Gasteiger partial charge in [-0.1, -0.05) is 6.92 Å². The van der Waals surface area contributed by atoms with E-state index in [4.69, 9.17) is 0 Å². The van der Waals surface area contributed by atoms with Crippen LogP contribution in [0.3, 0.4) is 0 Å². The van der Waals surface area contributed by atoms with Crippen LogP contribution in [0, 0.1) is 0 Å². The van der Waals surface area contributed by atoms with E-state index < -0.39 is 0 Å². The normalized spacial score (nSPS) is 11.1. The number of nitrogens with zero attached hydrogens (tertiary/aromatic N) is 1. The Kier molecular flexibility index (Phi) is 4.88. The Morgan fingerprint density at radius 3 is 3.29 bits per heavy atom. The highest BCUT2D eigenvalue weighted by Gasteiger charge is 2.02. The summed E-state index contributed by atoms with van der Waals surface area (Å²) in [4.78, 5) is 7.48. The van der Waals surface area contributed by atoms with Crippen molar-refractivity contribution in [3.8, 4) is 0 Å². The number of fused-ring (bicyclic) bond motifs is 1. The lowest BCUT2D eigenvalue weighted by Gasteiger charge is -2.03. The van der Waals surface area contributed by atoms with Crippen molar-refractivity contribution in [3.63, 3.8) is 0 Å². The molecular weight excluding hydrogens is 230 g/mol. The average molecular weight is 249 g/mol. The second-order valence-electron chi connectivity index (χ2n) is 3.94. The van der Waals surface area contributed by atoms with Crippen molar-refractivity contribution in [2.45, 2.75) is 19.9 Å². The molecule has 17 heavy (non-hydrogen) atoms. The fourth-order valence-corrected chi connectivity index (χ4v) is 2.46. The van der Waals surface area contributed by atoms with Crippen LogP contribution in [0.5, 0.6) is 0 Å². The van der Waals surface area contributed by atoms with E-state index in [0.29, 0.717) is 0 Å². The molecule has 92 valence electrons. The molecule has 3 nitrogen and oxygen atoms in total. The van der Waals surface area contributed by atoms with Crippen LogP contribution in [-0.4, -0.2) is 28.0 Å². The second-order valence-corrected chi connectivity index (χ2v) is 5.33. The second kappa shape index (κ2) is 6.67. The summed E-state index contributed by atoms with van der Waals surface area (Å²) >= 11 is 2.00.